The summed E-state index contributed by atoms with van der Waals surface area (Å²) in [5, 5.41) is 3.76. The number of halogens is 2. The molecule has 1 aliphatic carbocycles. The van der Waals surface area contributed by atoms with Gasteiger partial charge in [-0.25, -0.2) is 9.97 Å². The van der Waals surface area contributed by atoms with Gasteiger partial charge in [0.2, 0.25) is 0 Å². The first-order valence-electron chi connectivity index (χ1n) is 7.54. The van der Waals surface area contributed by atoms with Gasteiger partial charge in [-0.15, -0.1) is 47.5 Å². The van der Waals surface area contributed by atoms with E-state index in [9.17, 15) is 4.79 Å². The summed E-state index contributed by atoms with van der Waals surface area (Å²) in [6.07, 6.45) is 5.43. The van der Waals surface area contributed by atoms with Crippen molar-refractivity contribution in [3.63, 3.8) is 0 Å². The fourth-order valence-corrected chi connectivity index (χ4v) is 4.59. The number of rotatable bonds is 5. The van der Waals surface area contributed by atoms with E-state index < -0.39 is 0 Å². The molecule has 1 aliphatic rings. The minimum absolute atomic E-state index is 0. The molecule has 5 nitrogen and oxygen atoms in total. The van der Waals surface area contributed by atoms with Gasteiger partial charge >= 0.3 is 0 Å². The van der Waals surface area contributed by atoms with Crippen LogP contribution in [0.15, 0.2) is 5.38 Å². The van der Waals surface area contributed by atoms with Gasteiger partial charge in [-0.05, 0) is 32.2 Å². The summed E-state index contributed by atoms with van der Waals surface area (Å²) < 4.78 is 0. The number of thiazole rings is 2. The standard InChI is InChI=1S/C15H20N4OS2.2ClH/c1-19(15(20)11-9-21-13(18-11)6-7-16)8-14-17-10-4-2-3-5-12(10)22-14;;/h9H,2-8,16H2,1H3;2*1H. The third kappa shape index (κ3) is 4.89. The van der Waals surface area contributed by atoms with Crippen LogP contribution in [0.5, 0.6) is 0 Å². The molecule has 1 amide bonds. The summed E-state index contributed by atoms with van der Waals surface area (Å²) >= 11 is 3.25. The molecule has 0 atom stereocenters. The lowest BCUT2D eigenvalue weighted by atomic mass is 10.0. The van der Waals surface area contributed by atoms with Crippen LogP contribution in [0.2, 0.25) is 0 Å². The van der Waals surface area contributed by atoms with E-state index in [1.54, 1.807) is 16.2 Å². The van der Waals surface area contributed by atoms with Gasteiger partial charge in [0.25, 0.3) is 5.91 Å². The first kappa shape index (κ1) is 21.3. The Morgan fingerprint density at radius 2 is 2.00 bits per heavy atom. The lowest BCUT2D eigenvalue weighted by Gasteiger charge is -2.13. The number of amides is 1. The highest BCUT2D eigenvalue weighted by Gasteiger charge is 2.19. The number of carbonyl (C=O) groups is 1. The number of fused-ring (bicyclic) bond motifs is 1. The Morgan fingerprint density at radius 1 is 1.25 bits per heavy atom. The third-order valence-corrected chi connectivity index (χ3v) is 5.79. The van der Waals surface area contributed by atoms with Gasteiger partial charge < -0.3 is 10.6 Å². The van der Waals surface area contributed by atoms with Crippen LogP contribution >= 0.6 is 47.5 Å². The van der Waals surface area contributed by atoms with Crippen LogP contribution in [-0.2, 0) is 25.8 Å². The highest BCUT2D eigenvalue weighted by molar-refractivity contribution is 7.11. The minimum atomic E-state index is -0.0484. The molecule has 0 saturated heterocycles. The molecule has 0 saturated carbocycles. The lowest BCUT2D eigenvalue weighted by molar-refractivity contribution is 0.0779. The maximum absolute atomic E-state index is 12.4. The number of aryl methyl sites for hydroxylation is 2. The number of carbonyl (C=O) groups excluding carboxylic acids is 1. The van der Waals surface area contributed by atoms with E-state index in [2.05, 4.69) is 4.98 Å². The topological polar surface area (TPSA) is 72.1 Å². The van der Waals surface area contributed by atoms with E-state index in [1.165, 1.54) is 34.7 Å². The van der Waals surface area contributed by atoms with Crippen LogP contribution in [0.4, 0.5) is 0 Å². The third-order valence-electron chi connectivity index (χ3n) is 3.74. The molecule has 0 radical (unpaired) electrons. The molecule has 2 aromatic rings. The Morgan fingerprint density at radius 3 is 2.71 bits per heavy atom. The molecule has 2 heterocycles. The molecule has 0 spiro atoms. The number of aromatic nitrogens is 2. The molecule has 3 rings (SSSR count). The zero-order valence-electron chi connectivity index (χ0n) is 13.5. The fraction of sp³-hybridized carbons (Fsp3) is 0.533. The van der Waals surface area contributed by atoms with Crippen molar-refractivity contribution in [2.75, 3.05) is 13.6 Å². The molecule has 0 unspecified atom stereocenters. The maximum Gasteiger partial charge on any atom is 0.273 e. The van der Waals surface area contributed by atoms with Crippen molar-refractivity contribution in [3.05, 3.63) is 31.7 Å². The van der Waals surface area contributed by atoms with Crippen LogP contribution in [0.1, 0.15) is 43.9 Å². The van der Waals surface area contributed by atoms with E-state index in [0.29, 0.717) is 18.8 Å². The van der Waals surface area contributed by atoms with Gasteiger partial charge in [0.05, 0.1) is 17.2 Å². The largest absolute Gasteiger partial charge is 0.334 e. The first-order chi connectivity index (χ1) is 10.7. The van der Waals surface area contributed by atoms with Gasteiger partial charge in [0.1, 0.15) is 10.7 Å². The Labute approximate surface area is 162 Å². The SMILES string of the molecule is CN(Cc1nc2c(s1)CCCC2)C(=O)c1csc(CCN)n1.Cl.Cl. The Bertz CT molecular complexity index is 651. The Kier molecular flexibility index (Phi) is 8.59. The van der Waals surface area contributed by atoms with E-state index in [0.717, 1.165) is 29.3 Å². The summed E-state index contributed by atoms with van der Waals surface area (Å²) in [5.41, 5.74) is 7.27. The summed E-state index contributed by atoms with van der Waals surface area (Å²) in [6.45, 7) is 1.11. The van der Waals surface area contributed by atoms with E-state index in [-0.39, 0.29) is 30.7 Å². The molecular weight excluding hydrogens is 387 g/mol. The molecule has 2 N–H and O–H groups in total. The van der Waals surface area contributed by atoms with Crippen molar-refractivity contribution in [1.82, 2.24) is 14.9 Å². The van der Waals surface area contributed by atoms with E-state index >= 15 is 0 Å². The number of nitrogens with two attached hydrogens (primary N) is 1. The molecular formula is C15H22Cl2N4OS2. The number of nitrogens with zero attached hydrogens (tertiary/aromatic N) is 3. The quantitative estimate of drug-likeness (QED) is 0.824. The smallest absolute Gasteiger partial charge is 0.273 e. The van der Waals surface area contributed by atoms with E-state index in [1.807, 2.05) is 12.4 Å². The highest BCUT2D eigenvalue weighted by Crippen LogP contribution is 2.27. The van der Waals surface area contributed by atoms with Crippen molar-refractivity contribution in [1.29, 1.82) is 0 Å². The minimum Gasteiger partial charge on any atom is -0.334 e. The molecule has 2 aromatic heterocycles. The van der Waals surface area contributed by atoms with Gasteiger partial charge in [0.15, 0.2) is 0 Å². The molecule has 0 aliphatic heterocycles. The normalized spacial score (nSPS) is 12.8. The van der Waals surface area contributed by atoms with Crippen LogP contribution in [0.25, 0.3) is 0 Å². The van der Waals surface area contributed by atoms with Crippen LogP contribution < -0.4 is 5.73 Å². The predicted octanol–water partition coefficient (Wildman–Crippen LogP) is 3.10. The molecule has 0 aromatic carbocycles. The molecule has 134 valence electrons. The number of hydrogen-bond acceptors (Lipinski definition) is 6. The van der Waals surface area contributed by atoms with Crippen molar-refractivity contribution < 1.29 is 4.79 Å². The predicted molar refractivity (Wildman–Crippen MR) is 104 cm³/mol. The van der Waals surface area contributed by atoms with Gasteiger partial charge in [0, 0.05) is 23.7 Å². The van der Waals surface area contributed by atoms with Crippen molar-refractivity contribution in [2.24, 2.45) is 5.73 Å². The zero-order chi connectivity index (χ0) is 15.5. The molecule has 0 bridgehead atoms. The zero-order valence-corrected chi connectivity index (χ0v) is 16.8. The molecule has 0 fully saturated rings. The molecule has 9 heteroatoms. The monoisotopic (exact) mass is 408 g/mol. The first-order valence-corrected chi connectivity index (χ1v) is 9.24. The van der Waals surface area contributed by atoms with Gasteiger partial charge in [-0.3, -0.25) is 4.79 Å². The maximum atomic E-state index is 12.4. The highest BCUT2D eigenvalue weighted by atomic mass is 35.5. The second-order valence-corrected chi connectivity index (χ2v) is 7.62. The second kappa shape index (κ2) is 9.68. The van der Waals surface area contributed by atoms with Crippen molar-refractivity contribution >= 4 is 53.4 Å². The average Bonchev–Trinajstić information content (AvgIpc) is 3.12. The Balaban J connectivity index is 0.00000144. The van der Waals surface area contributed by atoms with Crippen LogP contribution in [-0.4, -0.2) is 34.4 Å². The lowest BCUT2D eigenvalue weighted by Crippen LogP contribution is -2.26. The van der Waals surface area contributed by atoms with Crippen molar-refractivity contribution in [3.8, 4) is 0 Å². The van der Waals surface area contributed by atoms with E-state index in [4.69, 9.17) is 10.7 Å². The summed E-state index contributed by atoms with van der Waals surface area (Å²) in [5.74, 6) is -0.0484. The number of hydrogen-bond donors (Lipinski definition) is 1. The molecule has 24 heavy (non-hydrogen) atoms. The van der Waals surface area contributed by atoms with Crippen LogP contribution in [0, 0.1) is 0 Å². The van der Waals surface area contributed by atoms with Crippen LogP contribution in [0.3, 0.4) is 0 Å². The fourth-order valence-electron chi connectivity index (χ4n) is 2.59. The summed E-state index contributed by atoms with van der Waals surface area (Å²) in [6, 6.07) is 0. The van der Waals surface area contributed by atoms with Gasteiger partial charge in [-0.2, -0.15) is 0 Å². The van der Waals surface area contributed by atoms with Crippen molar-refractivity contribution in [2.45, 2.75) is 38.6 Å². The Hall–Kier alpha value is -0.730. The average molecular weight is 409 g/mol. The summed E-state index contributed by atoms with van der Waals surface area (Å²) in [7, 11) is 1.81. The summed E-state index contributed by atoms with van der Waals surface area (Å²) in [4.78, 5) is 24.6. The van der Waals surface area contributed by atoms with Gasteiger partial charge in [-0.1, -0.05) is 0 Å². The second-order valence-electron chi connectivity index (χ2n) is 5.51.